The Hall–Kier alpha value is -1.65. The lowest BCUT2D eigenvalue weighted by atomic mass is 10.1. The molecule has 4 nitrogen and oxygen atoms in total. The van der Waals surface area contributed by atoms with Crippen molar-refractivity contribution < 1.29 is 14.3 Å². The molecule has 2 rings (SSSR count). The summed E-state index contributed by atoms with van der Waals surface area (Å²) in [7, 11) is 0. The molecule has 1 aliphatic heterocycles. The van der Waals surface area contributed by atoms with Crippen LogP contribution in [0.1, 0.15) is 30.8 Å². The fourth-order valence-electron chi connectivity index (χ4n) is 1.91. The maximum atomic E-state index is 10.7. The summed E-state index contributed by atoms with van der Waals surface area (Å²) in [4.78, 5) is 10.7. The van der Waals surface area contributed by atoms with E-state index in [0.717, 1.165) is 17.5 Å². The van der Waals surface area contributed by atoms with E-state index in [-0.39, 0.29) is 12.2 Å². The van der Waals surface area contributed by atoms with Gasteiger partial charge in [-0.05, 0) is 18.1 Å². The van der Waals surface area contributed by atoms with Crippen LogP contribution in [0.25, 0.3) is 6.08 Å². The highest BCUT2D eigenvalue weighted by atomic mass is 16.7. The number of amides is 1. The smallest absolute Gasteiger partial charge is 0.216 e. The van der Waals surface area contributed by atoms with Crippen molar-refractivity contribution >= 4 is 12.0 Å². The molecule has 1 N–H and O–H groups in total. The summed E-state index contributed by atoms with van der Waals surface area (Å²) in [6.45, 7) is 3.50. The van der Waals surface area contributed by atoms with Gasteiger partial charge in [-0.3, -0.25) is 4.79 Å². The molecule has 0 spiro atoms. The molecule has 1 aromatic carbocycles. The van der Waals surface area contributed by atoms with Crippen LogP contribution in [0.4, 0.5) is 0 Å². The van der Waals surface area contributed by atoms with Gasteiger partial charge in [0.05, 0.1) is 13.2 Å². The quantitative estimate of drug-likeness (QED) is 0.827. The molecule has 102 valence electrons. The van der Waals surface area contributed by atoms with Gasteiger partial charge in [-0.2, -0.15) is 0 Å². The SMILES string of the molecule is CC(=O)NCCC=Cc1cccc(C2OCCO2)c1. The molecule has 0 unspecified atom stereocenters. The van der Waals surface area contributed by atoms with Gasteiger partial charge in [-0.15, -0.1) is 0 Å². The number of rotatable bonds is 5. The molecule has 1 aromatic rings. The Bertz CT molecular complexity index is 450. The van der Waals surface area contributed by atoms with Gasteiger partial charge in [-0.1, -0.05) is 30.4 Å². The maximum absolute atomic E-state index is 10.7. The normalized spacial score (nSPS) is 16.1. The van der Waals surface area contributed by atoms with E-state index in [1.54, 1.807) is 0 Å². The fraction of sp³-hybridized carbons (Fsp3) is 0.400. The van der Waals surface area contributed by atoms with E-state index >= 15 is 0 Å². The van der Waals surface area contributed by atoms with Gasteiger partial charge in [0.1, 0.15) is 0 Å². The number of hydrogen-bond acceptors (Lipinski definition) is 3. The second kappa shape index (κ2) is 7.07. The van der Waals surface area contributed by atoms with Crippen LogP contribution in [0.5, 0.6) is 0 Å². The molecule has 0 aromatic heterocycles. The number of benzene rings is 1. The Morgan fingerprint density at radius 1 is 1.42 bits per heavy atom. The summed E-state index contributed by atoms with van der Waals surface area (Å²) in [5.41, 5.74) is 2.15. The highest BCUT2D eigenvalue weighted by Crippen LogP contribution is 2.24. The number of carbonyl (C=O) groups is 1. The minimum atomic E-state index is -0.229. The molecule has 0 atom stereocenters. The van der Waals surface area contributed by atoms with Crippen molar-refractivity contribution in [3.8, 4) is 0 Å². The lowest BCUT2D eigenvalue weighted by Crippen LogP contribution is -2.20. The standard InChI is InChI=1S/C15H19NO3/c1-12(17)16-8-3-2-5-13-6-4-7-14(11-13)15-18-9-10-19-15/h2,4-7,11,15H,3,8-10H2,1H3,(H,16,17). The van der Waals surface area contributed by atoms with Crippen molar-refractivity contribution in [3.05, 3.63) is 41.5 Å². The molecule has 1 heterocycles. The van der Waals surface area contributed by atoms with Gasteiger partial charge in [0.15, 0.2) is 6.29 Å². The second-order valence-electron chi connectivity index (χ2n) is 4.42. The molecule has 1 amide bonds. The average Bonchev–Trinajstić information content (AvgIpc) is 2.92. The largest absolute Gasteiger partial charge is 0.356 e. The highest BCUT2D eigenvalue weighted by Gasteiger charge is 2.17. The zero-order valence-electron chi connectivity index (χ0n) is 11.1. The van der Waals surface area contributed by atoms with Gasteiger partial charge < -0.3 is 14.8 Å². The summed E-state index contributed by atoms with van der Waals surface area (Å²) < 4.78 is 10.9. The zero-order chi connectivity index (χ0) is 13.5. The van der Waals surface area contributed by atoms with E-state index in [9.17, 15) is 4.79 Å². The Labute approximate surface area is 113 Å². The predicted octanol–water partition coefficient (Wildman–Crippen LogP) is 2.27. The summed E-state index contributed by atoms with van der Waals surface area (Å²) in [6.07, 6.45) is 4.68. The molecular formula is C15H19NO3. The summed E-state index contributed by atoms with van der Waals surface area (Å²) in [5, 5.41) is 2.76. The van der Waals surface area contributed by atoms with E-state index in [4.69, 9.17) is 9.47 Å². The van der Waals surface area contributed by atoms with Crippen LogP contribution in [-0.2, 0) is 14.3 Å². The zero-order valence-corrected chi connectivity index (χ0v) is 11.1. The number of hydrogen-bond donors (Lipinski definition) is 1. The van der Waals surface area contributed by atoms with Crippen LogP contribution in [0.3, 0.4) is 0 Å². The first-order valence-electron chi connectivity index (χ1n) is 6.50. The van der Waals surface area contributed by atoms with Crippen LogP contribution < -0.4 is 5.32 Å². The van der Waals surface area contributed by atoms with E-state index in [2.05, 4.69) is 11.4 Å². The molecule has 1 aliphatic rings. The first kappa shape index (κ1) is 13.8. The van der Waals surface area contributed by atoms with Crippen molar-refractivity contribution in [2.45, 2.75) is 19.6 Å². The molecule has 0 saturated carbocycles. The molecule has 1 saturated heterocycles. The van der Waals surface area contributed by atoms with Crippen LogP contribution in [0.2, 0.25) is 0 Å². The van der Waals surface area contributed by atoms with E-state index in [1.165, 1.54) is 6.92 Å². The van der Waals surface area contributed by atoms with E-state index < -0.39 is 0 Å². The third-order valence-electron chi connectivity index (χ3n) is 2.80. The van der Waals surface area contributed by atoms with Crippen molar-refractivity contribution in [3.63, 3.8) is 0 Å². The van der Waals surface area contributed by atoms with Gasteiger partial charge >= 0.3 is 0 Å². The van der Waals surface area contributed by atoms with Crippen molar-refractivity contribution in [1.29, 1.82) is 0 Å². The van der Waals surface area contributed by atoms with E-state index in [1.807, 2.05) is 30.4 Å². The second-order valence-corrected chi connectivity index (χ2v) is 4.42. The van der Waals surface area contributed by atoms with Gasteiger partial charge in [0, 0.05) is 19.0 Å². The lowest BCUT2D eigenvalue weighted by molar-refractivity contribution is -0.118. The molecule has 0 bridgehead atoms. The molecule has 0 aliphatic carbocycles. The lowest BCUT2D eigenvalue weighted by Gasteiger charge is -2.09. The van der Waals surface area contributed by atoms with Crippen molar-refractivity contribution in [1.82, 2.24) is 5.32 Å². The van der Waals surface area contributed by atoms with E-state index in [0.29, 0.717) is 19.8 Å². The fourth-order valence-corrected chi connectivity index (χ4v) is 1.91. The van der Waals surface area contributed by atoms with Crippen LogP contribution in [-0.4, -0.2) is 25.7 Å². The highest BCUT2D eigenvalue weighted by molar-refractivity contribution is 5.72. The number of carbonyl (C=O) groups excluding carboxylic acids is 1. The monoisotopic (exact) mass is 261 g/mol. The van der Waals surface area contributed by atoms with Crippen LogP contribution in [0.15, 0.2) is 30.3 Å². The third kappa shape index (κ3) is 4.50. The molecule has 4 heteroatoms. The van der Waals surface area contributed by atoms with Crippen molar-refractivity contribution in [2.24, 2.45) is 0 Å². The van der Waals surface area contributed by atoms with Gasteiger partial charge in [0.25, 0.3) is 0 Å². The first-order chi connectivity index (χ1) is 9.25. The Balaban J connectivity index is 1.87. The average molecular weight is 261 g/mol. The van der Waals surface area contributed by atoms with Gasteiger partial charge in [0.2, 0.25) is 5.91 Å². The maximum Gasteiger partial charge on any atom is 0.216 e. The Morgan fingerprint density at radius 3 is 2.95 bits per heavy atom. The third-order valence-corrected chi connectivity index (χ3v) is 2.80. The van der Waals surface area contributed by atoms with Crippen molar-refractivity contribution in [2.75, 3.05) is 19.8 Å². The summed E-state index contributed by atoms with van der Waals surface area (Å²) in [5.74, 6) is 0.00549. The summed E-state index contributed by atoms with van der Waals surface area (Å²) >= 11 is 0. The number of ether oxygens (including phenoxy) is 2. The minimum Gasteiger partial charge on any atom is -0.356 e. The predicted molar refractivity (Wildman–Crippen MR) is 73.4 cm³/mol. The van der Waals surface area contributed by atoms with Crippen LogP contribution in [0, 0.1) is 0 Å². The molecule has 1 fully saturated rings. The molecular weight excluding hydrogens is 242 g/mol. The Kier molecular flexibility index (Phi) is 5.12. The molecule has 19 heavy (non-hydrogen) atoms. The van der Waals surface area contributed by atoms with Gasteiger partial charge in [-0.25, -0.2) is 0 Å². The summed E-state index contributed by atoms with van der Waals surface area (Å²) in [6, 6.07) is 8.09. The first-order valence-corrected chi connectivity index (χ1v) is 6.50. The van der Waals surface area contributed by atoms with Crippen LogP contribution >= 0.6 is 0 Å². The minimum absolute atomic E-state index is 0.00549. The number of nitrogens with one attached hydrogen (secondary N) is 1. The molecule has 0 radical (unpaired) electrons. The topological polar surface area (TPSA) is 47.6 Å². The Morgan fingerprint density at radius 2 is 2.21 bits per heavy atom.